The molecule has 8 N–H and O–H groups in total. The number of fused-ring (bicyclic) bond motifs is 2. The lowest BCUT2D eigenvalue weighted by Gasteiger charge is -2.13. The van der Waals surface area contributed by atoms with Gasteiger partial charge >= 0.3 is 0 Å². The Balaban J connectivity index is 0.00000315. The number of nitrogens with zero attached hydrogens (tertiary/aromatic N) is 8. The number of hydrogen-bond acceptors (Lipinski definition) is 12. The number of primary amides is 1. The highest BCUT2D eigenvalue weighted by atomic mass is 16.5. The van der Waals surface area contributed by atoms with Crippen molar-refractivity contribution in [2.75, 3.05) is 37.9 Å². The van der Waals surface area contributed by atoms with E-state index in [0.717, 1.165) is 0 Å². The summed E-state index contributed by atoms with van der Waals surface area (Å²) >= 11 is 0. The van der Waals surface area contributed by atoms with E-state index in [-0.39, 0.29) is 30.5 Å². The van der Waals surface area contributed by atoms with Gasteiger partial charge in [-0.25, -0.2) is 9.97 Å². The topological polar surface area (TPSA) is 260 Å². The van der Waals surface area contributed by atoms with Crippen molar-refractivity contribution in [3.63, 3.8) is 0 Å². The van der Waals surface area contributed by atoms with Crippen molar-refractivity contribution in [2.45, 2.75) is 60.3 Å². The lowest BCUT2D eigenvalue weighted by Crippen LogP contribution is -2.20. The SMILES string of the molecule is CCn1nc(C)cc1C(=O)Nc1nc2cc(C(N)=O)cc(OC)c2n1C/C=C/Cn1c(NC(=O)c2cc(C)nn2CC)nc2cc(C=O)cc(OCCCN)c21.CN. The molecule has 4 heterocycles. The molecule has 0 saturated carbocycles. The number of aromatic nitrogens is 8. The lowest BCUT2D eigenvalue weighted by molar-refractivity contribution is 0.0994. The number of benzene rings is 2. The number of hydrogen-bond donors (Lipinski definition) is 5. The van der Waals surface area contributed by atoms with Crippen LogP contribution in [0.1, 0.15) is 73.3 Å². The minimum absolute atomic E-state index is 0.183. The molecule has 0 fully saturated rings. The molecule has 6 aromatic rings. The van der Waals surface area contributed by atoms with Gasteiger partial charge in [0.2, 0.25) is 17.8 Å². The molecule has 2 aromatic carbocycles. The van der Waals surface area contributed by atoms with E-state index in [0.29, 0.717) is 101 Å². The number of amides is 3. The zero-order valence-electron chi connectivity index (χ0n) is 33.4. The molecule has 0 unspecified atom stereocenters. The van der Waals surface area contributed by atoms with Crippen molar-refractivity contribution in [2.24, 2.45) is 17.2 Å². The molecule has 0 radical (unpaired) electrons. The molecule has 0 aliphatic heterocycles. The number of nitrogens with two attached hydrogens (primary N) is 3. The molecule has 4 aromatic heterocycles. The molecule has 0 atom stereocenters. The van der Waals surface area contributed by atoms with Gasteiger partial charge in [0.15, 0.2) is 0 Å². The van der Waals surface area contributed by atoms with Gasteiger partial charge in [0.25, 0.3) is 11.8 Å². The molecule has 6 rings (SSSR count). The highest BCUT2D eigenvalue weighted by molar-refractivity contribution is 6.05. The number of nitrogens with one attached hydrogen (secondary N) is 2. The van der Waals surface area contributed by atoms with Gasteiger partial charge in [0.05, 0.1) is 36.1 Å². The predicted octanol–water partition coefficient (Wildman–Crippen LogP) is 3.42. The maximum Gasteiger partial charge on any atom is 0.276 e. The van der Waals surface area contributed by atoms with Gasteiger partial charge in [-0.2, -0.15) is 10.2 Å². The second-order valence-electron chi connectivity index (χ2n) is 12.9. The molecule has 58 heavy (non-hydrogen) atoms. The van der Waals surface area contributed by atoms with Crippen LogP contribution in [0.25, 0.3) is 22.1 Å². The van der Waals surface area contributed by atoms with Gasteiger partial charge in [-0.3, -0.25) is 39.2 Å². The normalized spacial score (nSPS) is 11.2. The van der Waals surface area contributed by atoms with Crippen LogP contribution in [-0.2, 0) is 26.2 Å². The molecular weight excluding hydrogens is 747 g/mol. The van der Waals surface area contributed by atoms with E-state index in [4.69, 9.17) is 25.9 Å². The van der Waals surface area contributed by atoms with Gasteiger partial charge in [0, 0.05) is 37.3 Å². The smallest absolute Gasteiger partial charge is 0.276 e. The highest BCUT2D eigenvalue weighted by Gasteiger charge is 2.23. The standard InChI is InChI=1S/C38H44N12O6.CH5N/c1-6-49-28(15-22(3)45-49)35(53)43-37-41-26-17-24(21-51)18-31(56-14-10-11-39)33(26)48(37)13-9-8-12-47-32-27(19-25(34(40)52)20-30(32)55-5)42-38(47)44-36(54)29-16-23(4)46-50(29)7-2;1-2/h8-9,15-21H,6-7,10-14,39H2,1-5H3,(H2,40,52)(H,41,43,53)(H,42,44,54);2H2,1H3/b9-8+;. The fourth-order valence-electron chi connectivity index (χ4n) is 6.40. The first kappa shape index (κ1) is 42.3. The zero-order chi connectivity index (χ0) is 42.1. The summed E-state index contributed by atoms with van der Waals surface area (Å²) in [7, 11) is 2.96. The number of anilines is 2. The van der Waals surface area contributed by atoms with Gasteiger partial charge in [-0.15, -0.1) is 0 Å². The Morgan fingerprint density at radius 1 is 0.776 bits per heavy atom. The molecule has 0 bridgehead atoms. The first-order chi connectivity index (χ1) is 28.0. The Bertz CT molecular complexity index is 2490. The van der Waals surface area contributed by atoms with E-state index >= 15 is 0 Å². The summed E-state index contributed by atoms with van der Waals surface area (Å²) in [6, 6.07) is 9.69. The summed E-state index contributed by atoms with van der Waals surface area (Å²) in [5, 5.41) is 14.6. The monoisotopic (exact) mass is 795 g/mol. The molecule has 0 saturated heterocycles. The van der Waals surface area contributed by atoms with Gasteiger partial charge in [0.1, 0.15) is 40.2 Å². The van der Waals surface area contributed by atoms with E-state index in [1.54, 1.807) is 49.7 Å². The second-order valence-corrected chi connectivity index (χ2v) is 12.9. The molecule has 0 spiro atoms. The Morgan fingerprint density at radius 2 is 1.29 bits per heavy atom. The zero-order valence-corrected chi connectivity index (χ0v) is 33.4. The van der Waals surface area contributed by atoms with Gasteiger partial charge in [-0.1, -0.05) is 12.2 Å². The number of imidazole rings is 2. The predicted molar refractivity (Wildman–Crippen MR) is 220 cm³/mol. The van der Waals surface area contributed by atoms with Crippen molar-refractivity contribution in [1.82, 2.24) is 38.7 Å². The quantitative estimate of drug-likeness (QED) is 0.0506. The molecule has 306 valence electrons. The van der Waals surface area contributed by atoms with Crippen LogP contribution in [0, 0.1) is 13.8 Å². The fourth-order valence-corrected chi connectivity index (χ4v) is 6.40. The van der Waals surface area contributed by atoms with Crippen LogP contribution in [0.4, 0.5) is 11.9 Å². The number of ether oxygens (including phenoxy) is 2. The number of carbonyl (C=O) groups excluding carboxylic acids is 4. The van der Waals surface area contributed by atoms with Crippen LogP contribution in [0.2, 0.25) is 0 Å². The van der Waals surface area contributed by atoms with Crippen molar-refractivity contribution in [3.05, 3.63) is 82.5 Å². The summed E-state index contributed by atoms with van der Waals surface area (Å²) in [5.41, 5.74) is 20.3. The number of aryl methyl sites for hydroxylation is 4. The van der Waals surface area contributed by atoms with Crippen molar-refractivity contribution in [3.8, 4) is 11.5 Å². The Morgan fingerprint density at radius 3 is 1.76 bits per heavy atom. The third kappa shape index (κ3) is 8.90. The van der Waals surface area contributed by atoms with Crippen LogP contribution in [0.15, 0.2) is 48.6 Å². The Labute approximate surface area is 334 Å². The summed E-state index contributed by atoms with van der Waals surface area (Å²) in [6.45, 7) is 9.44. The summed E-state index contributed by atoms with van der Waals surface area (Å²) in [5.74, 6) is -0.376. The van der Waals surface area contributed by atoms with E-state index in [1.807, 2.05) is 32.9 Å². The van der Waals surface area contributed by atoms with Gasteiger partial charge < -0.3 is 35.8 Å². The van der Waals surface area contributed by atoms with Crippen molar-refractivity contribution in [1.29, 1.82) is 0 Å². The van der Waals surface area contributed by atoms with Gasteiger partial charge in [-0.05, 0) is 84.1 Å². The molecule has 19 nitrogen and oxygen atoms in total. The molecular formula is C39H49N13O6. The largest absolute Gasteiger partial charge is 0.494 e. The van der Waals surface area contributed by atoms with Crippen molar-refractivity contribution < 1.29 is 28.7 Å². The Kier molecular flexibility index (Phi) is 13.7. The molecule has 0 aliphatic carbocycles. The van der Waals surface area contributed by atoms with E-state index < -0.39 is 17.7 Å². The third-order valence-corrected chi connectivity index (χ3v) is 8.94. The average Bonchev–Trinajstić information content (AvgIpc) is 3.98. The van der Waals surface area contributed by atoms with E-state index in [2.05, 4.69) is 31.5 Å². The molecule has 3 amide bonds. The average molecular weight is 796 g/mol. The van der Waals surface area contributed by atoms with Crippen LogP contribution >= 0.6 is 0 Å². The van der Waals surface area contributed by atoms with E-state index in [9.17, 15) is 19.2 Å². The Hall–Kier alpha value is -6.86. The molecule has 19 heteroatoms. The van der Waals surface area contributed by atoms with E-state index in [1.165, 1.54) is 26.3 Å². The number of aldehydes is 1. The third-order valence-electron chi connectivity index (χ3n) is 8.94. The number of carbonyl (C=O) groups is 4. The maximum absolute atomic E-state index is 13.6. The highest BCUT2D eigenvalue weighted by Crippen LogP contribution is 2.33. The molecule has 0 aliphatic rings. The first-order valence-corrected chi connectivity index (χ1v) is 18.6. The number of methoxy groups -OCH3 is 1. The number of allylic oxidation sites excluding steroid dienone is 2. The first-order valence-electron chi connectivity index (χ1n) is 18.6. The lowest BCUT2D eigenvalue weighted by atomic mass is 10.1. The minimum Gasteiger partial charge on any atom is -0.494 e. The summed E-state index contributed by atoms with van der Waals surface area (Å²) in [4.78, 5) is 60.7. The fraction of sp³-hybridized carbons (Fsp3) is 0.333. The second kappa shape index (κ2) is 18.9. The maximum atomic E-state index is 13.6. The number of rotatable bonds is 17. The summed E-state index contributed by atoms with van der Waals surface area (Å²) in [6.07, 6.45) is 4.98. The van der Waals surface area contributed by atoms with Crippen LogP contribution < -0.4 is 37.3 Å². The van der Waals surface area contributed by atoms with Crippen molar-refractivity contribution >= 4 is 58.0 Å². The minimum atomic E-state index is -0.663. The summed E-state index contributed by atoms with van der Waals surface area (Å²) < 4.78 is 18.5. The van der Waals surface area contributed by atoms with Crippen LogP contribution in [0.5, 0.6) is 11.5 Å². The van der Waals surface area contributed by atoms with Crippen LogP contribution in [0.3, 0.4) is 0 Å². The van der Waals surface area contributed by atoms with Crippen LogP contribution in [-0.4, -0.2) is 90.0 Å².